The normalized spacial score (nSPS) is 9.76. The molecular formula is C36H38FN5O13. The highest BCUT2D eigenvalue weighted by molar-refractivity contribution is 5.89. The number of nitrogens with one attached hydrogen (secondary N) is 2. The Morgan fingerprint density at radius 3 is 1.51 bits per heavy atom. The Morgan fingerprint density at radius 1 is 0.655 bits per heavy atom. The maximum Gasteiger partial charge on any atom is 0.344 e. The topological polar surface area (TPSA) is 251 Å². The number of carbonyl (C=O) groups excluding carboxylic acids is 4. The standard InChI is InChI=1S/C18H18N2O7.C10H10FNO5.C8H10N2O/c1-3-25-18(22)11-26-17-10-15(8-9-16(17)20(23)24)27-14-6-4-13(5-7-14)19-12(2)21;1-2-16-10(13)6-17-9-5-7(11)3-4-8(9)12(14)15;1-6(11)10-8-4-2-7(9)3-5-8/h4-10H,3,11H2,1-2H3,(H,19,21);3-5H,2,6H2,1H3;2-5H,9H2,1H3,(H,10,11). The number of nitrogens with zero attached hydrogens (tertiary/aromatic N) is 2. The number of benzene rings is 4. The average molecular weight is 768 g/mol. The number of rotatable bonds is 14. The summed E-state index contributed by atoms with van der Waals surface area (Å²) < 4.78 is 37.8. The zero-order chi connectivity index (χ0) is 40.9. The van der Waals surface area contributed by atoms with Gasteiger partial charge in [-0.05, 0) is 74.5 Å². The van der Waals surface area contributed by atoms with Crippen molar-refractivity contribution in [2.75, 3.05) is 42.8 Å². The third-order valence-electron chi connectivity index (χ3n) is 6.19. The van der Waals surface area contributed by atoms with Crippen molar-refractivity contribution in [1.82, 2.24) is 0 Å². The van der Waals surface area contributed by atoms with Crippen LogP contribution >= 0.6 is 0 Å². The molecule has 0 atom stereocenters. The number of ether oxygens (including phenoxy) is 5. The van der Waals surface area contributed by atoms with Crippen LogP contribution in [0.15, 0.2) is 84.9 Å². The molecule has 0 saturated heterocycles. The largest absolute Gasteiger partial charge is 0.475 e. The molecule has 4 rings (SSSR count). The van der Waals surface area contributed by atoms with Gasteiger partial charge in [-0.2, -0.15) is 0 Å². The van der Waals surface area contributed by atoms with Crippen molar-refractivity contribution in [3.05, 3.63) is 111 Å². The maximum atomic E-state index is 12.9. The molecule has 0 aliphatic heterocycles. The Bertz CT molecular complexity index is 1940. The van der Waals surface area contributed by atoms with Crippen LogP contribution in [0.4, 0.5) is 32.8 Å². The highest BCUT2D eigenvalue weighted by Crippen LogP contribution is 2.33. The number of nitro groups is 2. The smallest absolute Gasteiger partial charge is 0.344 e. The van der Waals surface area contributed by atoms with Gasteiger partial charge in [-0.3, -0.25) is 29.8 Å². The van der Waals surface area contributed by atoms with Gasteiger partial charge in [-0.1, -0.05) is 0 Å². The molecule has 0 aromatic heterocycles. The van der Waals surface area contributed by atoms with E-state index in [1.54, 1.807) is 62.4 Å². The van der Waals surface area contributed by atoms with Gasteiger partial charge in [0.1, 0.15) is 17.3 Å². The number of amides is 2. The predicted molar refractivity (Wildman–Crippen MR) is 196 cm³/mol. The molecule has 55 heavy (non-hydrogen) atoms. The molecule has 0 fully saturated rings. The van der Waals surface area contributed by atoms with Gasteiger partial charge in [0.25, 0.3) is 0 Å². The van der Waals surface area contributed by atoms with Gasteiger partial charge in [-0.25, -0.2) is 14.0 Å². The van der Waals surface area contributed by atoms with E-state index in [1.807, 2.05) is 0 Å². The van der Waals surface area contributed by atoms with Crippen LogP contribution < -0.4 is 30.6 Å². The van der Waals surface area contributed by atoms with Gasteiger partial charge in [-0.15, -0.1) is 0 Å². The zero-order valence-electron chi connectivity index (χ0n) is 30.1. The highest BCUT2D eigenvalue weighted by atomic mass is 19.1. The number of carbonyl (C=O) groups is 4. The zero-order valence-corrected chi connectivity index (χ0v) is 30.1. The molecule has 0 aliphatic carbocycles. The van der Waals surface area contributed by atoms with Crippen molar-refractivity contribution in [3.8, 4) is 23.0 Å². The number of nitro benzene ring substituents is 2. The molecule has 2 amide bonds. The van der Waals surface area contributed by atoms with Gasteiger partial charge in [0.05, 0.1) is 23.1 Å². The average Bonchev–Trinajstić information content (AvgIpc) is 3.12. The molecule has 18 nitrogen and oxygen atoms in total. The van der Waals surface area contributed by atoms with Crippen molar-refractivity contribution in [2.24, 2.45) is 0 Å². The van der Waals surface area contributed by atoms with Gasteiger partial charge < -0.3 is 40.1 Å². The van der Waals surface area contributed by atoms with E-state index < -0.39 is 46.5 Å². The first-order valence-corrected chi connectivity index (χ1v) is 16.1. The first-order chi connectivity index (χ1) is 26.1. The third-order valence-corrected chi connectivity index (χ3v) is 6.19. The molecule has 0 aliphatic rings. The van der Waals surface area contributed by atoms with E-state index in [9.17, 15) is 43.8 Å². The van der Waals surface area contributed by atoms with Crippen LogP contribution in [0.1, 0.15) is 27.7 Å². The first kappa shape index (κ1) is 43.9. The molecular weight excluding hydrogens is 729 g/mol. The second-order valence-corrected chi connectivity index (χ2v) is 10.6. The summed E-state index contributed by atoms with van der Waals surface area (Å²) in [5.41, 5.74) is 6.81. The molecule has 4 N–H and O–H groups in total. The lowest BCUT2D eigenvalue weighted by Crippen LogP contribution is -2.15. The second kappa shape index (κ2) is 22.6. The molecule has 0 bridgehead atoms. The summed E-state index contributed by atoms with van der Waals surface area (Å²) in [6, 6.07) is 20.3. The molecule has 0 saturated carbocycles. The van der Waals surface area contributed by atoms with Crippen molar-refractivity contribution in [3.63, 3.8) is 0 Å². The van der Waals surface area contributed by atoms with Crippen molar-refractivity contribution >= 4 is 52.2 Å². The Labute approximate surface area is 313 Å². The van der Waals surface area contributed by atoms with Crippen LogP contribution in [0, 0.1) is 26.0 Å². The van der Waals surface area contributed by atoms with Gasteiger partial charge >= 0.3 is 23.3 Å². The van der Waals surface area contributed by atoms with E-state index in [2.05, 4.69) is 15.4 Å². The summed E-state index contributed by atoms with van der Waals surface area (Å²) in [7, 11) is 0. The Morgan fingerprint density at radius 2 is 1.07 bits per heavy atom. The first-order valence-electron chi connectivity index (χ1n) is 16.1. The van der Waals surface area contributed by atoms with Crippen molar-refractivity contribution < 1.29 is 57.1 Å². The van der Waals surface area contributed by atoms with Gasteiger partial charge in [0, 0.05) is 55.2 Å². The fourth-order valence-electron chi connectivity index (χ4n) is 3.97. The number of anilines is 3. The Hall–Kier alpha value is -7.31. The SMILES string of the molecule is CC(=O)Nc1ccc(N)cc1.CCOC(=O)COc1cc(F)ccc1[N+](=O)[O-].CCOC(=O)COc1cc(Oc2ccc(NC(C)=O)cc2)ccc1[N+](=O)[O-]. The van der Waals surface area contributed by atoms with Crippen molar-refractivity contribution in [2.45, 2.75) is 27.7 Å². The van der Waals surface area contributed by atoms with E-state index in [4.69, 9.17) is 24.7 Å². The van der Waals surface area contributed by atoms with Crippen LogP contribution in [0.5, 0.6) is 23.0 Å². The predicted octanol–water partition coefficient (Wildman–Crippen LogP) is 6.19. The van der Waals surface area contributed by atoms with Crippen LogP contribution in [-0.2, 0) is 28.7 Å². The number of nitrogens with two attached hydrogens (primary N) is 1. The second-order valence-electron chi connectivity index (χ2n) is 10.6. The molecule has 0 spiro atoms. The Kier molecular flexibility index (Phi) is 18.0. The number of esters is 2. The number of hydrogen-bond donors (Lipinski definition) is 3. The summed E-state index contributed by atoms with van der Waals surface area (Å²) in [5.74, 6) is -1.94. The van der Waals surface area contributed by atoms with E-state index in [1.165, 1.54) is 32.0 Å². The quantitative estimate of drug-likeness (QED) is 0.0560. The summed E-state index contributed by atoms with van der Waals surface area (Å²) in [5, 5.41) is 27.0. The lowest BCUT2D eigenvalue weighted by atomic mass is 10.2. The van der Waals surface area contributed by atoms with E-state index >= 15 is 0 Å². The molecule has 0 heterocycles. The molecule has 4 aromatic rings. The van der Waals surface area contributed by atoms with Crippen LogP contribution in [0.25, 0.3) is 0 Å². The number of hydrogen-bond acceptors (Lipinski definition) is 14. The molecule has 4 aromatic carbocycles. The molecule has 0 unspecified atom stereocenters. The third kappa shape index (κ3) is 16.7. The lowest BCUT2D eigenvalue weighted by molar-refractivity contribution is -0.386. The summed E-state index contributed by atoms with van der Waals surface area (Å²) >= 11 is 0. The maximum absolute atomic E-state index is 12.9. The van der Waals surface area contributed by atoms with E-state index in [-0.39, 0.29) is 48.0 Å². The summed E-state index contributed by atoms with van der Waals surface area (Å²) in [4.78, 5) is 64.3. The number of halogens is 1. The van der Waals surface area contributed by atoms with Gasteiger partial charge in [0.15, 0.2) is 13.2 Å². The van der Waals surface area contributed by atoms with E-state index in [0.717, 1.165) is 23.9 Å². The minimum absolute atomic E-state index is 0.0743. The van der Waals surface area contributed by atoms with E-state index in [0.29, 0.717) is 17.1 Å². The van der Waals surface area contributed by atoms with Crippen LogP contribution in [0.2, 0.25) is 0 Å². The summed E-state index contributed by atoms with van der Waals surface area (Å²) in [6.45, 7) is 5.53. The van der Waals surface area contributed by atoms with Crippen LogP contribution in [-0.4, -0.2) is 60.0 Å². The summed E-state index contributed by atoms with van der Waals surface area (Å²) in [6.07, 6.45) is 0. The van der Waals surface area contributed by atoms with Gasteiger partial charge in [0.2, 0.25) is 23.3 Å². The fraction of sp³-hybridized carbons (Fsp3) is 0.222. The minimum Gasteiger partial charge on any atom is -0.475 e. The lowest BCUT2D eigenvalue weighted by Gasteiger charge is -2.10. The minimum atomic E-state index is -0.722. The molecule has 19 heteroatoms. The van der Waals surface area contributed by atoms with Crippen LogP contribution in [0.3, 0.4) is 0 Å². The molecule has 292 valence electrons. The van der Waals surface area contributed by atoms with Crippen molar-refractivity contribution in [1.29, 1.82) is 0 Å². The highest BCUT2D eigenvalue weighted by Gasteiger charge is 2.19. The number of nitrogen functional groups attached to an aromatic ring is 1. The Balaban J connectivity index is 0.000000317. The fourth-order valence-corrected chi connectivity index (χ4v) is 3.97. The monoisotopic (exact) mass is 767 g/mol. The molecule has 0 radical (unpaired) electrons.